The van der Waals surface area contributed by atoms with Gasteiger partial charge in [0.2, 0.25) is 0 Å². The van der Waals surface area contributed by atoms with Crippen LogP contribution in [0.2, 0.25) is 0 Å². The van der Waals surface area contributed by atoms with Crippen molar-refractivity contribution < 1.29 is 19.4 Å². The molecule has 130 valence electrons. The SMILES string of the molecule is Cc1cc(NC(=O)NN=Cc2ccccc2OCC(=O)O)ccc1Br. The molecule has 0 aliphatic heterocycles. The Morgan fingerprint density at radius 2 is 2.04 bits per heavy atom. The number of carbonyl (C=O) groups excluding carboxylic acids is 1. The summed E-state index contributed by atoms with van der Waals surface area (Å²) in [6, 6.07) is 11.7. The number of carbonyl (C=O) groups is 2. The number of urea groups is 1. The highest BCUT2D eigenvalue weighted by atomic mass is 79.9. The summed E-state index contributed by atoms with van der Waals surface area (Å²) in [6.45, 7) is 1.46. The fourth-order valence-corrected chi connectivity index (χ4v) is 2.15. The van der Waals surface area contributed by atoms with Gasteiger partial charge >= 0.3 is 12.0 Å². The molecule has 25 heavy (non-hydrogen) atoms. The van der Waals surface area contributed by atoms with E-state index < -0.39 is 18.6 Å². The second kappa shape index (κ2) is 8.84. The Morgan fingerprint density at radius 1 is 1.28 bits per heavy atom. The number of hydrazone groups is 1. The number of carboxylic acids is 1. The monoisotopic (exact) mass is 405 g/mol. The number of benzene rings is 2. The van der Waals surface area contributed by atoms with E-state index in [2.05, 4.69) is 31.8 Å². The number of hydrogen-bond donors (Lipinski definition) is 3. The maximum atomic E-state index is 11.8. The van der Waals surface area contributed by atoms with Gasteiger partial charge in [-0.3, -0.25) is 0 Å². The third-order valence-electron chi connectivity index (χ3n) is 3.06. The number of nitrogens with one attached hydrogen (secondary N) is 2. The lowest BCUT2D eigenvalue weighted by Crippen LogP contribution is -2.24. The Kier molecular flexibility index (Phi) is 6.53. The van der Waals surface area contributed by atoms with Gasteiger partial charge in [0.05, 0.1) is 6.21 Å². The number of rotatable bonds is 6. The minimum Gasteiger partial charge on any atom is -0.481 e. The van der Waals surface area contributed by atoms with Crippen molar-refractivity contribution in [1.82, 2.24) is 5.43 Å². The largest absolute Gasteiger partial charge is 0.481 e. The zero-order valence-corrected chi connectivity index (χ0v) is 14.9. The first-order valence-electron chi connectivity index (χ1n) is 7.25. The van der Waals surface area contributed by atoms with Gasteiger partial charge in [-0.25, -0.2) is 15.0 Å². The number of para-hydroxylation sites is 1. The molecule has 2 rings (SSSR count). The van der Waals surface area contributed by atoms with E-state index in [9.17, 15) is 9.59 Å². The molecule has 0 unspecified atom stereocenters. The number of amides is 2. The van der Waals surface area contributed by atoms with Gasteiger partial charge < -0.3 is 15.2 Å². The summed E-state index contributed by atoms with van der Waals surface area (Å²) in [5.74, 6) is -0.714. The number of anilines is 1. The summed E-state index contributed by atoms with van der Waals surface area (Å²) < 4.78 is 6.11. The van der Waals surface area contributed by atoms with Crippen LogP contribution in [-0.4, -0.2) is 29.9 Å². The highest BCUT2D eigenvalue weighted by Crippen LogP contribution is 2.20. The lowest BCUT2D eigenvalue weighted by Gasteiger charge is -2.07. The van der Waals surface area contributed by atoms with Crippen molar-refractivity contribution >= 4 is 39.8 Å². The highest BCUT2D eigenvalue weighted by Gasteiger charge is 2.05. The van der Waals surface area contributed by atoms with Gasteiger partial charge in [-0.15, -0.1) is 0 Å². The first kappa shape index (κ1) is 18.5. The minimum atomic E-state index is -1.07. The van der Waals surface area contributed by atoms with Crippen molar-refractivity contribution in [1.29, 1.82) is 0 Å². The van der Waals surface area contributed by atoms with Gasteiger partial charge in [0.15, 0.2) is 6.61 Å². The Balaban J connectivity index is 1.95. The molecule has 2 amide bonds. The Labute approximate surface area is 152 Å². The molecule has 0 radical (unpaired) electrons. The summed E-state index contributed by atoms with van der Waals surface area (Å²) in [6.07, 6.45) is 1.38. The van der Waals surface area contributed by atoms with Crippen LogP contribution in [0.15, 0.2) is 52.0 Å². The third kappa shape index (κ3) is 5.92. The molecular formula is C17H16BrN3O4. The number of nitrogens with zero attached hydrogens (tertiary/aromatic N) is 1. The standard InChI is InChI=1S/C17H16BrN3O4/c1-11-8-13(6-7-14(11)18)20-17(24)21-19-9-12-4-2-3-5-15(12)25-10-16(22)23/h2-9H,10H2,1H3,(H,22,23)(H2,20,21,24). The predicted molar refractivity (Wildman–Crippen MR) is 98.2 cm³/mol. The molecule has 0 aromatic heterocycles. The number of halogens is 1. The van der Waals surface area contributed by atoms with E-state index in [1.54, 1.807) is 30.3 Å². The van der Waals surface area contributed by atoms with Gasteiger partial charge in [0.25, 0.3) is 0 Å². The highest BCUT2D eigenvalue weighted by molar-refractivity contribution is 9.10. The van der Waals surface area contributed by atoms with Gasteiger partial charge in [-0.2, -0.15) is 5.10 Å². The normalized spacial score (nSPS) is 10.5. The number of hydrogen-bond acceptors (Lipinski definition) is 4. The number of ether oxygens (including phenoxy) is 1. The Morgan fingerprint density at radius 3 is 2.76 bits per heavy atom. The topological polar surface area (TPSA) is 100 Å². The molecule has 0 saturated carbocycles. The molecule has 0 aliphatic carbocycles. The van der Waals surface area contributed by atoms with Gasteiger partial charge in [0, 0.05) is 15.7 Å². The molecule has 0 aliphatic rings. The predicted octanol–water partition coefficient (Wildman–Crippen LogP) is 3.38. The smallest absolute Gasteiger partial charge is 0.341 e. The van der Waals surface area contributed by atoms with Crippen LogP contribution in [0, 0.1) is 6.92 Å². The second-order valence-electron chi connectivity index (χ2n) is 5.01. The first-order valence-corrected chi connectivity index (χ1v) is 8.05. The van der Waals surface area contributed by atoms with Crippen LogP contribution in [0.25, 0.3) is 0 Å². The van der Waals surface area contributed by atoms with Crippen LogP contribution >= 0.6 is 15.9 Å². The van der Waals surface area contributed by atoms with Crippen molar-refractivity contribution in [3.8, 4) is 5.75 Å². The zero-order valence-electron chi connectivity index (χ0n) is 13.3. The van der Waals surface area contributed by atoms with E-state index in [0.29, 0.717) is 17.0 Å². The molecule has 0 heterocycles. The number of aliphatic carboxylic acids is 1. The molecular weight excluding hydrogens is 390 g/mol. The fraction of sp³-hybridized carbons (Fsp3) is 0.118. The van der Waals surface area contributed by atoms with Crippen LogP contribution in [0.4, 0.5) is 10.5 Å². The molecule has 0 spiro atoms. The van der Waals surface area contributed by atoms with E-state index in [1.165, 1.54) is 6.21 Å². The maximum absolute atomic E-state index is 11.8. The lowest BCUT2D eigenvalue weighted by molar-refractivity contribution is -0.139. The molecule has 0 saturated heterocycles. The molecule has 8 heteroatoms. The minimum absolute atomic E-state index is 0.361. The van der Waals surface area contributed by atoms with Gasteiger partial charge in [-0.05, 0) is 42.8 Å². The molecule has 3 N–H and O–H groups in total. The van der Waals surface area contributed by atoms with Crippen molar-refractivity contribution in [2.75, 3.05) is 11.9 Å². The number of carboxylic acid groups (broad SMARTS) is 1. The summed E-state index contributed by atoms with van der Waals surface area (Å²) in [5.41, 5.74) is 4.52. The first-order chi connectivity index (χ1) is 12.0. The number of aryl methyl sites for hydroxylation is 1. The van der Waals surface area contributed by atoms with Crippen molar-refractivity contribution in [3.05, 3.63) is 58.1 Å². The average molecular weight is 406 g/mol. The third-order valence-corrected chi connectivity index (χ3v) is 3.95. The van der Waals surface area contributed by atoms with E-state index in [-0.39, 0.29) is 0 Å². The summed E-state index contributed by atoms with van der Waals surface area (Å²) in [7, 11) is 0. The lowest BCUT2D eigenvalue weighted by atomic mass is 10.2. The molecule has 2 aromatic rings. The van der Waals surface area contributed by atoms with E-state index in [0.717, 1.165) is 10.0 Å². The fourth-order valence-electron chi connectivity index (χ4n) is 1.90. The summed E-state index contributed by atoms with van der Waals surface area (Å²) in [4.78, 5) is 22.4. The van der Waals surface area contributed by atoms with E-state index >= 15 is 0 Å². The van der Waals surface area contributed by atoms with Crippen molar-refractivity contribution in [3.63, 3.8) is 0 Å². The van der Waals surface area contributed by atoms with E-state index in [1.807, 2.05) is 19.1 Å². The Hall–Kier alpha value is -2.87. The second-order valence-corrected chi connectivity index (χ2v) is 5.86. The van der Waals surface area contributed by atoms with Crippen LogP contribution in [-0.2, 0) is 4.79 Å². The molecule has 0 atom stereocenters. The summed E-state index contributed by atoms with van der Waals surface area (Å²) >= 11 is 3.39. The summed E-state index contributed by atoms with van der Waals surface area (Å²) in [5, 5.41) is 15.2. The van der Waals surface area contributed by atoms with Crippen LogP contribution in [0.3, 0.4) is 0 Å². The average Bonchev–Trinajstić information content (AvgIpc) is 2.57. The van der Waals surface area contributed by atoms with Gasteiger partial charge in [-0.1, -0.05) is 28.1 Å². The van der Waals surface area contributed by atoms with Crippen LogP contribution < -0.4 is 15.5 Å². The van der Waals surface area contributed by atoms with Crippen LogP contribution in [0.1, 0.15) is 11.1 Å². The molecule has 0 fully saturated rings. The Bertz CT molecular complexity index is 808. The van der Waals surface area contributed by atoms with Crippen molar-refractivity contribution in [2.45, 2.75) is 6.92 Å². The van der Waals surface area contributed by atoms with Gasteiger partial charge in [0.1, 0.15) is 5.75 Å². The maximum Gasteiger partial charge on any atom is 0.341 e. The quantitative estimate of drug-likeness (QED) is 0.506. The molecule has 7 nitrogen and oxygen atoms in total. The zero-order chi connectivity index (χ0) is 18.2. The molecule has 2 aromatic carbocycles. The van der Waals surface area contributed by atoms with Crippen molar-refractivity contribution in [2.24, 2.45) is 5.10 Å². The molecule has 0 bridgehead atoms. The van der Waals surface area contributed by atoms with Crippen LogP contribution in [0.5, 0.6) is 5.75 Å². The van der Waals surface area contributed by atoms with E-state index in [4.69, 9.17) is 9.84 Å².